The van der Waals surface area contributed by atoms with Crippen molar-refractivity contribution in [2.45, 2.75) is 39.2 Å². The van der Waals surface area contributed by atoms with Gasteiger partial charge in [0.2, 0.25) is 0 Å². The summed E-state index contributed by atoms with van der Waals surface area (Å²) in [5.41, 5.74) is 5.68. The first-order valence-electron chi connectivity index (χ1n) is 7.56. The third kappa shape index (κ3) is 5.65. The van der Waals surface area contributed by atoms with Crippen molar-refractivity contribution in [2.24, 2.45) is 5.73 Å². The van der Waals surface area contributed by atoms with Crippen LogP contribution < -0.4 is 5.73 Å². The minimum atomic E-state index is 0.695. The Morgan fingerprint density at radius 1 is 1.17 bits per heavy atom. The number of hydrogen-bond donors (Lipinski definition) is 1. The Bertz CT molecular complexity index is 193. The van der Waals surface area contributed by atoms with Gasteiger partial charge in [-0.25, -0.2) is 0 Å². The Kier molecular flexibility index (Phi) is 8.59. The fourth-order valence-electron chi connectivity index (χ4n) is 2.72. The molecule has 4 heteroatoms. The zero-order chi connectivity index (χ0) is 13.2. The van der Waals surface area contributed by atoms with Gasteiger partial charge in [-0.05, 0) is 32.7 Å². The van der Waals surface area contributed by atoms with E-state index in [4.69, 9.17) is 10.5 Å². The van der Waals surface area contributed by atoms with Crippen LogP contribution in [0.4, 0.5) is 0 Å². The average molecular weight is 257 g/mol. The van der Waals surface area contributed by atoms with Gasteiger partial charge in [-0.1, -0.05) is 6.92 Å². The molecule has 1 atom stereocenters. The van der Waals surface area contributed by atoms with Crippen LogP contribution in [0.25, 0.3) is 0 Å². The van der Waals surface area contributed by atoms with Crippen LogP contribution >= 0.6 is 0 Å². The first-order chi connectivity index (χ1) is 8.81. The van der Waals surface area contributed by atoms with E-state index in [0.717, 1.165) is 32.6 Å². The second-order valence-corrected chi connectivity index (χ2v) is 5.07. The molecule has 1 fully saturated rings. The van der Waals surface area contributed by atoms with Crippen molar-refractivity contribution in [1.29, 1.82) is 0 Å². The number of hydrogen-bond acceptors (Lipinski definition) is 4. The highest BCUT2D eigenvalue weighted by atomic mass is 16.5. The quantitative estimate of drug-likeness (QED) is 0.629. The van der Waals surface area contributed by atoms with Crippen molar-refractivity contribution < 1.29 is 4.74 Å². The standard InChI is InChI=1S/C14H31N3O/c1-3-14(6-7-15)17-11-9-16(10-12-17)8-5-13-18-4-2/h14H,3-13,15H2,1-2H3. The van der Waals surface area contributed by atoms with Crippen LogP contribution in [0.2, 0.25) is 0 Å². The van der Waals surface area contributed by atoms with E-state index in [9.17, 15) is 0 Å². The summed E-state index contributed by atoms with van der Waals surface area (Å²) in [5.74, 6) is 0. The van der Waals surface area contributed by atoms with Gasteiger partial charge in [0.25, 0.3) is 0 Å². The fraction of sp³-hybridized carbons (Fsp3) is 1.00. The summed E-state index contributed by atoms with van der Waals surface area (Å²) in [7, 11) is 0. The first-order valence-corrected chi connectivity index (χ1v) is 7.56. The lowest BCUT2D eigenvalue weighted by atomic mass is 10.1. The van der Waals surface area contributed by atoms with Gasteiger partial charge in [-0.15, -0.1) is 0 Å². The molecule has 1 unspecified atom stereocenters. The lowest BCUT2D eigenvalue weighted by Crippen LogP contribution is -2.50. The van der Waals surface area contributed by atoms with E-state index in [1.807, 2.05) is 0 Å². The molecule has 0 amide bonds. The summed E-state index contributed by atoms with van der Waals surface area (Å²) in [6.45, 7) is 12.9. The molecule has 0 aliphatic carbocycles. The highest BCUT2D eigenvalue weighted by Crippen LogP contribution is 2.12. The first kappa shape index (κ1) is 15.9. The van der Waals surface area contributed by atoms with Gasteiger partial charge in [0.05, 0.1) is 0 Å². The van der Waals surface area contributed by atoms with Crippen molar-refractivity contribution >= 4 is 0 Å². The number of nitrogens with two attached hydrogens (primary N) is 1. The summed E-state index contributed by atoms with van der Waals surface area (Å²) in [4.78, 5) is 5.18. The maximum atomic E-state index is 5.68. The molecule has 0 saturated carbocycles. The van der Waals surface area contributed by atoms with E-state index in [0.29, 0.717) is 6.04 Å². The zero-order valence-electron chi connectivity index (χ0n) is 12.2. The lowest BCUT2D eigenvalue weighted by molar-refractivity contribution is 0.0793. The smallest absolute Gasteiger partial charge is 0.0478 e. The molecule has 1 rings (SSSR count). The summed E-state index contributed by atoms with van der Waals surface area (Å²) < 4.78 is 5.38. The molecule has 4 nitrogen and oxygen atoms in total. The van der Waals surface area contributed by atoms with Crippen LogP contribution in [0.5, 0.6) is 0 Å². The van der Waals surface area contributed by atoms with Crippen LogP contribution in [0.1, 0.15) is 33.1 Å². The molecule has 0 aromatic carbocycles. The summed E-state index contributed by atoms with van der Waals surface area (Å²) >= 11 is 0. The highest BCUT2D eigenvalue weighted by Gasteiger charge is 2.21. The van der Waals surface area contributed by atoms with E-state index < -0.39 is 0 Å². The SMILES string of the molecule is CCOCCCN1CCN(C(CC)CCN)CC1. The average Bonchev–Trinajstić information content (AvgIpc) is 2.42. The second-order valence-electron chi connectivity index (χ2n) is 5.07. The largest absolute Gasteiger partial charge is 0.382 e. The van der Waals surface area contributed by atoms with Crippen LogP contribution in [0, 0.1) is 0 Å². The van der Waals surface area contributed by atoms with Crippen molar-refractivity contribution in [1.82, 2.24) is 9.80 Å². The molecule has 2 N–H and O–H groups in total. The number of ether oxygens (including phenoxy) is 1. The maximum Gasteiger partial charge on any atom is 0.0478 e. The third-order valence-corrected chi connectivity index (χ3v) is 3.86. The zero-order valence-corrected chi connectivity index (χ0v) is 12.2. The van der Waals surface area contributed by atoms with Crippen LogP contribution in [0.15, 0.2) is 0 Å². The van der Waals surface area contributed by atoms with E-state index in [2.05, 4.69) is 23.6 Å². The van der Waals surface area contributed by atoms with Gasteiger partial charge in [0.15, 0.2) is 0 Å². The minimum Gasteiger partial charge on any atom is -0.382 e. The lowest BCUT2D eigenvalue weighted by Gasteiger charge is -2.39. The molecule has 1 aliphatic rings. The Hall–Kier alpha value is -0.160. The second kappa shape index (κ2) is 9.73. The summed E-state index contributed by atoms with van der Waals surface area (Å²) in [5, 5.41) is 0. The topological polar surface area (TPSA) is 41.7 Å². The molecular weight excluding hydrogens is 226 g/mol. The molecule has 0 aromatic rings. The molecule has 18 heavy (non-hydrogen) atoms. The Labute approximate surface area is 112 Å². The molecule has 0 aromatic heterocycles. The highest BCUT2D eigenvalue weighted by molar-refractivity contribution is 4.78. The summed E-state index contributed by atoms with van der Waals surface area (Å²) in [6.07, 6.45) is 3.52. The Morgan fingerprint density at radius 3 is 2.44 bits per heavy atom. The minimum absolute atomic E-state index is 0.695. The van der Waals surface area contributed by atoms with E-state index in [1.54, 1.807) is 0 Å². The van der Waals surface area contributed by atoms with Gasteiger partial charge < -0.3 is 15.4 Å². The summed E-state index contributed by atoms with van der Waals surface area (Å²) in [6, 6.07) is 0.695. The fourth-order valence-corrected chi connectivity index (χ4v) is 2.72. The number of nitrogens with zero attached hydrogens (tertiary/aromatic N) is 2. The van der Waals surface area contributed by atoms with Crippen LogP contribution in [-0.4, -0.2) is 68.3 Å². The van der Waals surface area contributed by atoms with Gasteiger partial charge in [0, 0.05) is 52.0 Å². The maximum absolute atomic E-state index is 5.68. The van der Waals surface area contributed by atoms with Crippen molar-refractivity contribution in [3.8, 4) is 0 Å². The predicted molar refractivity (Wildman–Crippen MR) is 76.9 cm³/mol. The Balaban J connectivity index is 2.15. The molecule has 0 radical (unpaired) electrons. The molecule has 0 bridgehead atoms. The molecule has 108 valence electrons. The normalized spacial score (nSPS) is 20.2. The van der Waals surface area contributed by atoms with Crippen molar-refractivity contribution in [2.75, 3.05) is 52.5 Å². The predicted octanol–water partition coefficient (Wildman–Crippen LogP) is 1.16. The van der Waals surface area contributed by atoms with E-state index >= 15 is 0 Å². The molecule has 0 spiro atoms. The van der Waals surface area contributed by atoms with Gasteiger partial charge in [0.1, 0.15) is 0 Å². The van der Waals surface area contributed by atoms with E-state index in [-0.39, 0.29) is 0 Å². The van der Waals surface area contributed by atoms with Crippen molar-refractivity contribution in [3.05, 3.63) is 0 Å². The van der Waals surface area contributed by atoms with E-state index in [1.165, 1.54) is 39.1 Å². The van der Waals surface area contributed by atoms with Gasteiger partial charge in [-0.3, -0.25) is 4.90 Å². The monoisotopic (exact) mass is 257 g/mol. The number of piperazine rings is 1. The van der Waals surface area contributed by atoms with Crippen LogP contribution in [-0.2, 0) is 4.74 Å². The van der Waals surface area contributed by atoms with Gasteiger partial charge >= 0.3 is 0 Å². The molecule has 1 aliphatic heterocycles. The molecular formula is C14H31N3O. The molecule has 1 saturated heterocycles. The Morgan fingerprint density at radius 2 is 1.89 bits per heavy atom. The van der Waals surface area contributed by atoms with Gasteiger partial charge in [-0.2, -0.15) is 0 Å². The van der Waals surface area contributed by atoms with Crippen molar-refractivity contribution in [3.63, 3.8) is 0 Å². The van der Waals surface area contributed by atoms with Crippen LogP contribution in [0.3, 0.4) is 0 Å². The molecule has 1 heterocycles. The third-order valence-electron chi connectivity index (χ3n) is 3.86. The number of rotatable bonds is 9.